The molecular weight excluding hydrogens is 168 g/mol. The normalized spacial score (nSPS) is 13.8. The van der Waals surface area contributed by atoms with Crippen LogP contribution in [0.3, 0.4) is 0 Å². The zero-order valence-electron chi connectivity index (χ0n) is 7.15. The topological polar surface area (TPSA) is 46.2 Å². The lowest BCUT2D eigenvalue weighted by Crippen LogP contribution is -2.45. The summed E-state index contributed by atoms with van der Waals surface area (Å²) in [5.41, 5.74) is 0. The zero-order chi connectivity index (χ0) is 9.94. The van der Waals surface area contributed by atoms with Gasteiger partial charge >= 0.3 is 5.92 Å². The van der Waals surface area contributed by atoms with Crippen molar-refractivity contribution < 1.29 is 18.4 Å². The first-order valence-electron chi connectivity index (χ1n) is 3.44. The number of rotatable bonds is 3. The molecule has 0 saturated heterocycles. The highest BCUT2D eigenvalue weighted by molar-refractivity contribution is 5.89. The second-order valence-corrected chi connectivity index (χ2v) is 2.69. The van der Waals surface area contributed by atoms with Gasteiger partial charge in [0, 0.05) is 6.92 Å². The van der Waals surface area contributed by atoms with Gasteiger partial charge in [-0.2, -0.15) is 8.78 Å². The first kappa shape index (κ1) is 11.0. The highest BCUT2D eigenvalue weighted by atomic mass is 19.3. The molecule has 0 aliphatic heterocycles. The van der Waals surface area contributed by atoms with Crippen LogP contribution in [-0.2, 0) is 9.59 Å². The quantitative estimate of drug-likeness (QED) is 0.694. The minimum Gasteiger partial charge on any atom is -0.341 e. The highest BCUT2D eigenvalue weighted by Crippen LogP contribution is 2.11. The Morgan fingerprint density at radius 1 is 1.42 bits per heavy atom. The van der Waals surface area contributed by atoms with Crippen LogP contribution >= 0.6 is 0 Å². The number of hydrogen-bond acceptors (Lipinski definition) is 2. The standard InChI is InChI=1S/C7H11F2NO2/c1-4(5(2)11)10-6(12)7(3,8)9/h4H,1-3H3,(H,10,12). The lowest BCUT2D eigenvalue weighted by atomic mass is 10.2. The van der Waals surface area contributed by atoms with Gasteiger partial charge < -0.3 is 5.32 Å². The van der Waals surface area contributed by atoms with Gasteiger partial charge in [0.2, 0.25) is 0 Å². The van der Waals surface area contributed by atoms with Gasteiger partial charge in [-0.1, -0.05) is 0 Å². The van der Waals surface area contributed by atoms with E-state index in [0.29, 0.717) is 6.92 Å². The molecule has 0 saturated carbocycles. The van der Waals surface area contributed by atoms with Gasteiger partial charge in [-0.3, -0.25) is 9.59 Å². The Morgan fingerprint density at radius 2 is 1.83 bits per heavy atom. The Balaban J connectivity index is 4.11. The molecule has 0 heterocycles. The number of amides is 1. The summed E-state index contributed by atoms with van der Waals surface area (Å²) in [6, 6.07) is -0.858. The molecule has 0 aliphatic carbocycles. The van der Waals surface area contributed by atoms with E-state index in [1.807, 2.05) is 5.32 Å². The van der Waals surface area contributed by atoms with Crippen LogP contribution in [0, 0.1) is 0 Å². The summed E-state index contributed by atoms with van der Waals surface area (Å²) in [4.78, 5) is 21.1. The summed E-state index contributed by atoms with van der Waals surface area (Å²) >= 11 is 0. The van der Waals surface area contributed by atoms with Crippen LogP contribution in [0.15, 0.2) is 0 Å². The van der Waals surface area contributed by atoms with Crippen LogP contribution < -0.4 is 5.32 Å². The third kappa shape index (κ3) is 3.41. The number of nitrogens with one attached hydrogen (secondary N) is 1. The molecule has 0 fully saturated rings. The second-order valence-electron chi connectivity index (χ2n) is 2.69. The molecule has 5 heteroatoms. The van der Waals surface area contributed by atoms with Crippen molar-refractivity contribution in [2.24, 2.45) is 0 Å². The molecule has 0 rings (SSSR count). The van der Waals surface area contributed by atoms with Crippen molar-refractivity contribution in [1.29, 1.82) is 0 Å². The van der Waals surface area contributed by atoms with Crippen molar-refractivity contribution in [3.63, 3.8) is 0 Å². The maximum Gasteiger partial charge on any atom is 0.321 e. The number of ketones is 1. The van der Waals surface area contributed by atoms with Crippen LogP contribution in [0.5, 0.6) is 0 Å². The van der Waals surface area contributed by atoms with Crippen LogP contribution in [0.2, 0.25) is 0 Å². The summed E-state index contributed by atoms with van der Waals surface area (Å²) in [5, 5.41) is 1.88. The number of halogens is 2. The van der Waals surface area contributed by atoms with E-state index in [4.69, 9.17) is 0 Å². The summed E-state index contributed by atoms with van der Waals surface area (Å²) in [6.07, 6.45) is 0. The van der Waals surface area contributed by atoms with Gasteiger partial charge in [0.05, 0.1) is 6.04 Å². The molecule has 0 spiro atoms. The molecule has 1 atom stereocenters. The first-order chi connectivity index (χ1) is 5.25. The average Bonchev–Trinajstić information content (AvgIpc) is 1.85. The fourth-order valence-electron chi connectivity index (χ4n) is 0.425. The Bertz CT molecular complexity index is 198. The van der Waals surface area contributed by atoms with Crippen molar-refractivity contribution in [2.45, 2.75) is 32.7 Å². The summed E-state index contributed by atoms with van der Waals surface area (Å²) < 4.78 is 24.4. The Morgan fingerprint density at radius 3 is 2.08 bits per heavy atom. The molecule has 0 aromatic rings. The van der Waals surface area contributed by atoms with Gasteiger partial charge in [-0.15, -0.1) is 0 Å². The Labute approximate surface area is 69.1 Å². The van der Waals surface area contributed by atoms with E-state index in [2.05, 4.69) is 0 Å². The SMILES string of the molecule is CC(=O)C(C)NC(=O)C(C)(F)F. The highest BCUT2D eigenvalue weighted by Gasteiger charge is 2.33. The zero-order valence-corrected chi connectivity index (χ0v) is 7.15. The van der Waals surface area contributed by atoms with Gasteiger partial charge in [0.25, 0.3) is 5.91 Å². The van der Waals surface area contributed by atoms with Crippen molar-refractivity contribution in [3.8, 4) is 0 Å². The Hall–Kier alpha value is -1.00. The van der Waals surface area contributed by atoms with E-state index < -0.39 is 17.9 Å². The van der Waals surface area contributed by atoms with Crippen molar-refractivity contribution in [3.05, 3.63) is 0 Å². The first-order valence-corrected chi connectivity index (χ1v) is 3.44. The Kier molecular flexibility index (Phi) is 3.30. The van der Waals surface area contributed by atoms with Crippen molar-refractivity contribution in [1.82, 2.24) is 5.32 Å². The molecule has 0 aromatic heterocycles. The predicted octanol–water partition coefficient (Wildman–Crippen LogP) is 0.735. The molecule has 0 aromatic carbocycles. The molecule has 12 heavy (non-hydrogen) atoms. The molecule has 70 valence electrons. The molecule has 3 nitrogen and oxygen atoms in total. The van der Waals surface area contributed by atoms with Crippen molar-refractivity contribution >= 4 is 11.7 Å². The smallest absolute Gasteiger partial charge is 0.321 e. The van der Waals surface area contributed by atoms with E-state index in [-0.39, 0.29) is 5.78 Å². The van der Waals surface area contributed by atoms with Gasteiger partial charge in [-0.05, 0) is 13.8 Å². The minimum absolute atomic E-state index is 0.354. The molecule has 0 radical (unpaired) electrons. The van der Waals surface area contributed by atoms with Crippen LogP contribution in [0.25, 0.3) is 0 Å². The predicted molar refractivity (Wildman–Crippen MR) is 38.9 cm³/mol. The van der Waals surface area contributed by atoms with Crippen LogP contribution in [0.4, 0.5) is 8.78 Å². The minimum atomic E-state index is -3.43. The van der Waals surface area contributed by atoms with E-state index >= 15 is 0 Å². The molecule has 1 unspecified atom stereocenters. The summed E-state index contributed by atoms with van der Waals surface area (Å²) in [5.74, 6) is -5.21. The second kappa shape index (κ2) is 3.60. The number of hydrogen-bond donors (Lipinski definition) is 1. The van der Waals surface area contributed by atoms with E-state index in [0.717, 1.165) is 0 Å². The van der Waals surface area contributed by atoms with Gasteiger partial charge in [0.1, 0.15) is 0 Å². The summed E-state index contributed by atoms with van der Waals surface area (Å²) in [7, 11) is 0. The van der Waals surface area contributed by atoms with E-state index in [9.17, 15) is 18.4 Å². The molecular formula is C7H11F2NO2. The van der Waals surface area contributed by atoms with Crippen molar-refractivity contribution in [2.75, 3.05) is 0 Å². The summed E-state index contributed by atoms with van der Waals surface area (Å²) in [6.45, 7) is 3.06. The number of carbonyl (C=O) groups is 2. The van der Waals surface area contributed by atoms with Gasteiger partial charge in [-0.25, -0.2) is 0 Å². The third-order valence-corrected chi connectivity index (χ3v) is 1.36. The van der Waals surface area contributed by atoms with Gasteiger partial charge in [0.15, 0.2) is 5.78 Å². The monoisotopic (exact) mass is 179 g/mol. The fraction of sp³-hybridized carbons (Fsp3) is 0.714. The van der Waals surface area contributed by atoms with Crippen LogP contribution in [-0.4, -0.2) is 23.7 Å². The largest absolute Gasteiger partial charge is 0.341 e. The van der Waals surface area contributed by atoms with E-state index in [1.54, 1.807) is 0 Å². The fourth-order valence-corrected chi connectivity index (χ4v) is 0.425. The molecule has 0 aliphatic rings. The number of carbonyl (C=O) groups excluding carboxylic acids is 2. The lowest BCUT2D eigenvalue weighted by Gasteiger charge is -2.14. The number of alkyl halides is 2. The molecule has 0 bridgehead atoms. The van der Waals surface area contributed by atoms with Crippen LogP contribution in [0.1, 0.15) is 20.8 Å². The maximum absolute atomic E-state index is 12.2. The molecule has 1 amide bonds. The average molecular weight is 179 g/mol. The lowest BCUT2D eigenvalue weighted by molar-refractivity contribution is -0.144. The molecule has 1 N–H and O–H groups in total. The third-order valence-electron chi connectivity index (χ3n) is 1.36. The number of Topliss-reactive ketones (excluding diaryl/α,β-unsaturated/α-hetero) is 1. The van der Waals surface area contributed by atoms with E-state index in [1.165, 1.54) is 13.8 Å². The maximum atomic E-state index is 12.2.